The van der Waals surface area contributed by atoms with Crippen LogP contribution in [0.3, 0.4) is 0 Å². The first-order valence-electron chi connectivity index (χ1n) is 9.71. The minimum absolute atomic E-state index is 0.123. The van der Waals surface area contributed by atoms with E-state index in [0.29, 0.717) is 29.6 Å². The number of anilines is 1. The summed E-state index contributed by atoms with van der Waals surface area (Å²) < 4.78 is 7.35. The topological polar surface area (TPSA) is 69.0 Å². The molecule has 156 valence electrons. The lowest BCUT2D eigenvalue weighted by molar-refractivity contribution is -0.115. The molecule has 0 saturated carbocycles. The van der Waals surface area contributed by atoms with Gasteiger partial charge in [0.05, 0.1) is 18.0 Å². The van der Waals surface area contributed by atoms with Crippen molar-refractivity contribution in [1.82, 2.24) is 14.8 Å². The summed E-state index contributed by atoms with van der Waals surface area (Å²) in [4.78, 5) is 12.8. The molecule has 0 radical (unpaired) electrons. The van der Waals surface area contributed by atoms with Gasteiger partial charge in [0, 0.05) is 13.0 Å². The van der Waals surface area contributed by atoms with Crippen LogP contribution in [-0.4, -0.2) is 33.0 Å². The van der Waals surface area contributed by atoms with Gasteiger partial charge in [0.25, 0.3) is 0 Å². The minimum atomic E-state index is -0.368. The lowest BCUT2D eigenvalue weighted by atomic mass is 10.1. The number of rotatable bonds is 9. The van der Waals surface area contributed by atoms with Crippen molar-refractivity contribution in [1.29, 1.82) is 0 Å². The van der Waals surface area contributed by atoms with Crippen LogP contribution in [0.4, 0.5) is 5.69 Å². The fraction of sp³-hybridized carbons (Fsp3) is 0.261. The Morgan fingerprint density at radius 1 is 1.27 bits per heavy atom. The van der Waals surface area contributed by atoms with Crippen molar-refractivity contribution < 1.29 is 9.53 Å². The van der Waals surface area contributed by atoms with Crippen molar-refractivity contribution in [3.63, 3.8) is 0 Å². The van der Waals surface area contributed by atoms with Crippen LogP contribution in [0, 0.1) is 6.92 Å². The number of nitrogens with zero attached hydrogens (tertiary/aromatic N) is 3. The SMILES string of the molecule is C=CCn1c(Cc2ccccc2)nnc1SC(C)C(=O)Nc1cc(C)ccc1OC. The van der Waals surface area contributed by atoms with E-state index in [1.807, 2.05) is 60.9 Å². The third kappa shape index (κ3) is 5.30. The predicted molar refractivity (Wildman–Crippen MR) is 121 cm³/mol. The van der Waals surface area contributed by atoms with E-state index in [0.717, 1.165) is 17.0 Å². The molecule has 0 aliphatic carbocycles. The number of hydrogen-bond acceptors (Lipinski definition) is 5. The Balaban J connectivity index is 1.74. The van der Waals surface area contributed by atoms with Gasteiger partial charge in [-0.25, -0.2) is 0 Å². The highest BCUT2D eigenvalue weighted by molar-refractivity contribution is 8.00. The van der Waals surface area contributed by atoms with Crippen LogP contribution in [0.15, 0.2) is 66.3 Å². The van der Waals surface area contributed by atoms with Crippen LogP contribution in [0.25, 0.3) is 0 Å². The van der Waals surface area contributed by atoms with E-state index in [1.54, 1.807) is 7.11 Å². The largest absolute Gasteiger partial charge is 0.495 e. The molecule has 1 amide bonds. The number of aryl methyl sites for hydroxylation is 1. The van der Waals surface area contributed by atoms with Gasteiger partial charge in [0.1, 0.15) is 11.6 Å². The summed E-state index contributed by atoms with van der Waals surface area (Å²) in [6, 6.07) is 15.8. The molecule has 1 unspecified atom stereocenters. The van der Waals surface area contributed by atoms with E-state index >= 15 is 0 Å². The number of methoxy groups -OCH3 is 1. The molecule has 1 heterocycles. The number of nitrogens with one attached hydrogen (secondary N) is 1. The molecule has 0 aliphatic heterocycles. The van der Waals surface area contributed by atoms with Crippen LogP contribution in [0.5, 0.6) is 5.75 Å². The molecule has 1 aromatic heterocycles. The zero-order chi connectivity index (χ0) is 21.5. The van der Waals surface area contributed by atoms with E-state index < -0.39 is 0 Å². The molecular weight excluding hydrogens is 396 g/mol. The standard InChI is InChI=1S/C23H26N4O2S/c1-5-13-27-21(15-18-9-7-6-8-10-18)25-26-23(27)30-17(3)22(28)24-19-14-16(2)11-12-20(19)29-4/h5-12,14,17H,1,13,15H2,2-4H3,(H,24,28). The van der Waals surface area contributed by atoms with Crippen LogP contribution >= 0.6 is 11.8 Å². The van der Waals surface area contributed by atoms with Crippen molar-refractivity contribution in [3.05, 3.63) is 78.1 Å². The summed E-state index contributed by atoms with van der Waals surface area (Å²) in [6.45, 7) is 8.25. The second-order valence-electron chi connectivity index (χ2n) is 6.91. The average molecular weight is 423 g/mol. The van der Waals surface area contributed by atoms with E-state index in [2.05, 4.69) is 34.2 Å². The highest BCUT2D eigenvalue weighted by Gasteiger charge is 2.21. The molecule has 1 atom stereocenters. The third-order valence-electron chi connectivity index (χ3n) is 4.57. The second kappa shape index (κ2) is 10.1. The van der Waals surface area contributed by atoms with E-state index in [9.17, 15) is 4.79 Å². The van der Waals surface area contributed by atoms with Gasteiger partial charge in [-0.05, 0) is 37.1 Å². The Labute approximate surface area is 181 Å². The van der Waals surface area contributed by atoms with Crippen molar-refractivity contribution in [3.8, 4) is 5.75 Å². The van der Waals surface area contributed by atoms with Gasteiger partial charge < -0.3 is 14.6 Å². The van der Waals surface area contributed by atoms with Crippen LogP contribution in [-0.2, 0) is 17.8 Å². The maximum atomic E-state index is 12.8. The smallest absolute Gasteiger partial charge is 0.237 e. The normalized spacial score (nSPS) is 11.7. The first-order valence-corrected chi connectivity index (χ1v) is 10.6. The Hall–Kier alpha value is -3.06. The molecule has 2 aromatic carbocycles. The monoisotopic (exact) mass is 422 g/mol. The number of hydrogen-bond donors (Lipinski definition) is 1. The molecule has 1 N–H and O–H groups in total. The first kappa shape index (κ1) is 21.6. The van der Waals surface area contributed by atoms with Crippen molar-refractivity contribution in [2.45, 2.75) is 37.2 Å². The number of amides is 1. The summed E-state index contributed by atoms with van der Waals surface area (Å²) in [5.41, 5.74) is 2.86. The molecule has 0 spiro atoms. The molecule has 6 nitrogen and oxygen atoms in total. The number of ether oxygens (including phenoxy) is 1. The first-order chi connectivity index (χ1) is 14.5. The summed E-state index contributed by atoms with van der Waals surface area (Å²) in [5.74, 6) is 1.35. The molecule has 7 heteroatoms. The average Bonchev–Trinajstić information content (AvgIpc) is 3.10. The summed E-state index contributed by atoms with van der Waals surface area (Å²) in [7, 11) is 1.59. The maximum absolute atomic E-state index is 12.8. The van der Waals surface area contributed by atoms with Gasteiger partial charge >= 0.3 is 0 Å². The van der Waals surface area contributed by atoms with Crippen molar-refractivity contribution >= 4 is 23.4 Å². The second-order valence-corrected chi connectivity index (χ2v) is 8.22. The number of benzene rings is 2. The van der Waals surface area contributed by atoms with Gasteiger partial charge in [0.2, 0.25) is 5.91 Å². The number of thioether (sulfide) groups is 1. The summed E-state index contributed by atoms with van der Waals surface area (Å²) in [5, 5.41) is 12.0. The molecular formula is C23H26N4O2S. The number of allylic oxidation sites excluding steroid dienone is 1. The molecule has 3 rings (SSSR count). The molecule has 0 fully saturated rings. The lowest BCUT2D eigenvalue weighted by Gasteiger charge is -2.15. The van der Waals surface area contributed by atoms with Crippen molar-refractivity contribution in [2.75, 3.05) is 12.4 Å². The zero-order valence-electron chi connectivity index (χ0n) is 17.5. The van der Waals surface area contributed by atoms with Gasteiger partial charge in [-0.3, -0.25) is 4.79 Å². The van der Waals surface area contributed by atoms with Gasteiger partial charge in [-0.2, -0.15) is 0 Å². The van der Waals surface area contributed by atoms with Crippen LogP contribution in [0.2, 0.25) is 0 Å². The van der Waals surface area contributed by atoms with Crippen LogP contribution in [0.1, 0.15) is 23.9 Å². The zero-order valence-corrected chi connectivity index (χ0v) is 18.3. The summed E-state index contributed by atoms with van der Waals surface area (Å²) >= 11 is 1.38. The van der Waals surface area contributed by atoms with Gasteiger partial charge in [0.15, 0.2) is 5.16 Å². The number of carbonyl (C=O) groups excluding carboxylic acids is 1. The highest BCUT2D eigenvalue weighted by Crippen LogP contribution is 2.28. The van der Waals surface area contributed by atoms with Crippen molar-refractivity contribution in [2.24, 2.45) is 0 Å². The fourth-order valence-corrected chi connectivity index (χ4v) is 3.87. The van der Waals surface area contributed by atoms with E-state index in [1.165, 1.54) is 11.8 Å². The fourth-order valence-electron chi connectivity index (χ4n) is 2.99. The van der Waals surface area contributed by atoms with E-state index in [4.69, 9.17) is 4.74 Å². The van der Waals surface area contributed by atoms with Crippen LogP contribution < -0.4 is 10.1 Å². The Morgan fingerprint density at radius 2 is 2.03 bits per heavy atom. The Bertz CT molecular complexity index is 1020. The quantitative estimate of drug-likeness (QED) is 0.406. The van der Waals surface area contributed by atoms with Gasteiger partial charge in [-0.15, -0.1) is 16.8 Å². The minimum Gasteiger partial charge on any atom is -0.495 e. The molecule has 30 heavy (non-hydrogen) atoms. The molecule has 3 aromatic rings. The maximum Gasteiger partial charge on any atom is 0.237 e. The Morgan fingerprint density at radius 3 is 2.73 bits per heavy atom. The van der Waals surface area contributed by atoms with Gasteiger partial charge in [-0.1, -0.05) is 54.2 Å². The highest BCUT2D eigenvalue weighted by atomic mass is 32.2. The number of aromatic nitrogens is 3. The predicted octanol–water partition coefficient (Wildman–Crippen LogP) is 4.49. The summed E-state index contributed by atoms with van der Waals surface area (Å²) in [6.07, 6.45) is 2.48. The third-order valence-corrected chi connectivity index (χ3v) is 5.65. The number of carbonyl (C=O) groups is 1. The molecule has 0 aliphatic rings. The molecule has 0 saturated heterocycles. The molecule has 0 bridgehead atoms. The Kier molecular flexibility index (Phi) is 7.30. The van der Waals surface area contributed by atoms with E-state index in [-0.39, 0.29) is 11.2 Å². The lowest BCUT2D eigenvalue weighted by Crippen LogP contribution is -2.23.